The molecule has 0 aliphatic carbocycles. The number of Topliss-reactive ketones (excluding diaryl/α,β-unsaturated/α-hetero) is 1. The number of imide groups is 1. The van der Waals surface area contributed by atoms with E-state index in [1.54, 1.807) is 36.4 Å². The van der Waals surface area contributed by atoms with Crippen LogP contribution in [0.15, 0.2) is 89.8 Å². The summed E-state index contributed by atoms with van der Waals surface area (Å²) >= 11 is 0. The second-order valence-electron chi connectivity index (χ2n) is 9.78. The van der Waals surface area contributed by atoms with Gasteiger partial charge in [0.15, 0.2) is 5.78 Å². The molecule has 0 spiro atoms. The van der Waals surface area contributed by atoms with Gasteiger partial charge in [0.05, 0.1) is 19.1 Å². The van der Waals surface area contributed by atoms with Gasteiger partial charge in [0.2, 0.25) is 15.9 Å². The number of hydrogen-bond donors (Lipinski definition) is 2. The van der Waals surface area contributed by atoms with Crippen molar-refractivity contribution in [1.82, 2.24) is 9.62 Å². The number of nitrogens with zero attached hydrogens (tertiary/aromatic N) is 1. The van der Waals surface area contributed by atoms with Crippen molar-refractivity contribution in [3.05, 3.63) is 96.1 Å². The standard InChI is InChI=1S/C30H35N3O7S/c1-22(2)17-26(31)29(35)33(30(36)40-21-24-13-7-4-8-14-24)19-25(34)18-32-41(37,38)28-16-10-9-15-27(28)39-20-23-11-5-3-6-12-23/h3-16,22,26,32H,17-21,31H2,1-2H3/t26-/m0/s1. The van der Waals surface area contributed by atoms with Gasteiger partial charge in [0, 0.05) is 0 Å². The first-order valence-electron chi connectivity index (χ1n) is 13.1. The summed E-state index contributed by atoms with van der Waals surface area (Å²) in [6.07, 6.45) is -0.768. The van der Waals surface area contributed by atoms with E-state index in [1.165, 1.54) is 18.2 Å². The Morgan fingerprint density at radius 3 is 2.02 bits per heavy atom. The lowest BCUT2D eigenvalue weighted by Crippen LogP contribution is -2.50. The highest BCUT2D eigenvalue weighted by Gasteiger charge is 2.31. The molecule has 3 aromatic rings. The van der Waals surface area contributed by atoms with Crippen LogP contribution in [-0.2, 0) is 37.6 Å². The van der Waals surface area contributed by atoms with Crippen LogP contribution in [0, 0.1) is 5.92 Å². The Kier molecular flexibility index (Phi) is 11.6. The molecule has 11 heteroatoms. The molecule has 0 fully saturated rings. The molecule has 3 N–H and O–H groups in total. The first kappa shape index (κ1) is 31.5. The van der Waals surface area contributed by atoms with E-state index in [1.807, 2.05) is 44.2 Å². The average Bonchev–Trinajstić information content (AvgIpc) is 2.97. The molecule has 3 rings (SSSR count). The van der Waals surface area contributed by atoms with Crippen molar-refractivity contribution in [2.45, 2.75) is 44.4 Å². The number of carbonyl (C=O) groups is 3. The van der Waals surface area contributed by atoms with E-state index < -0.39 is 46.9 Å². The van der Waals surface area contributed by atoms with Gasteiger partial charge in [-0.3, -0.25) is 9.59 Å². The van der Waals surface area contributed by atoms with Crippen LogP contribution in [0.4, 0.5) is 4.79 Å². The van der Waals surface area contributed by atoms with Crippen molar-refractivity contribution in [2.75, 3.05) is 13.1 Å². The summed E-state index contributed by atoms with van der Waals surface area (Å²) in [4.78, 5) is 39.2. The molecule has 0 aliphatic heterocycles. The number of nitrogens with two attached hydrogens (primary N) is 1. The maximum absolute atomic E-state index is 13.1. The van der Waals surface area contributed by atoms with Crippen molar-refractivity contribution >= 4 is 27.8 Å². The Morgan fingerprint density at radius 1 is 0.854 bits per heavy atom. The lowest BCUT2D eigenvalue weighted by molar-refractivity contribution is -0.134. The van der Waals surface area contributed by atoms with Gasteiger partial charge < -0.3 is 15.2 Å². The number of sulfonamides is 1. The Morgan fingerprint density at radius 2 is 1.41 bits per heavy atom. The molecule has 3 aromatic carbocycles. The Hall–Kier alpha value is -4.06. The molecule has 0 aromatic heterocycles. The zero-order valence-electron chi connectivity index (χ0n) is 23.1. The van der Waals surface area contributed by atoms with Crippen molar-refractivity contribution in [3.8, 4) is 5.75 Å². The fourth-order valence-electron chi connectivity index (χ4n) is 3.85. The lowest BCUT2D eigenvalue weighted by Gasteiger charge is -2.24. The molecule has 0 radical (unpaired) electrons. The summed E-state index contributed by atoms with van der Waals surface area (Å²) in [5.74, 6) is -1.36. The molecule has 0 bridgehead atoms. The van der Waals surface area contributed by atoms with Gasteiger partial charge in [-0.15, -0.1) is 0 Å². The van der Waals surface area contributed by atoms with Gasteiger partial charge in [-0.25, -0.2) is 22.8 Å². The van der Waals surface area contributed by atoms with E-state index >= 15 is 0 Å². The third-order valence-corrected chi connectivity index (χ3v) is 7.34. The summed E-state index contributed by atoms with van der Waals surface area (Å²) in [6, 6.07) is 23.1. The molecule has 2 amide bonds. The Bertz CT molecular complexity index is 1410. The minimum atomic E-state index is -4.19. The SMILES string of the molecule is CC(C)C[C@H](N)C(=O)N(CC(=O)CNS(=O)(=O)c1ccccc1OCc1ccccc1)C(=O)OCc1ccccc1. The van der Waals surface area contributed by atoms with Gasteiger partial charge in [-0.1, -0.05) is 86.6 Å². The average molecular weight is 582 g/mol. The maximum Gasteiger partial charge on any atom is 0.417 e. The number of benzene rings is 3. The van der Waals surface area contributed by atoms with E-state index in [9.17, 15) is 22.8 Å². The largest absolute Gasteiger partial charge is 0.487 e. The normalized spacial score (nSPS) is 12.0. The number of nitrogens with one attached hydrogen (secondary N) is 1. The van der Waals surface area contributed by atoms with Gasteiger partial charge in [0.1, 0.15) is 23.9 Å². The van der Waals surface area contributed by atoms with Gasteiger partial charge >= 0.3 is 6.09 Å². The number of ketones is 1. The van der Waals surface area contributed by atoms with Crippen molar-refractivity contribution in [2.24, 2.45) is 11.7 Å². The topological polar surface area (TPSA) is 145 Å². The van der Waals surface area contributed by atoms with Crippen LogP contribution in [0.25, 0.3) is 0 Å². The second-order valence-corrected chi connectivity index (χ2v) is 11.5. The first-order valence-corrected chi connectivity index (χ1v) is 14.6. The number of ether oxygens (including phenoxy) is 2. The number of rotatable bonds is 14. The number of para-hydroxylation sites is 1. The highest BCUT2D eigenvalue weighted by molar-refractivity contribution is 7.89. The molecule has 1 atom stereocenters. The third-order valence-electron chi connectivity index (χ3n) is 5.90. The molecule has 0 saturated carbocycles. The van der Waals surface area contributed by atoms with E-state index in [0.717, 1.165) is 5.56 Å². The van der Waals surface area contributed by atoms with Crippen LogP contribution in [0.5, 0.6) is 5.75 Å². The molecule has 0 heterocycles. The molecular weight excluding hydrogens is 546 g/mol. The summed E-state index contributed by atoms with van der Waals surface area (Å²) in [5, 5.41) is 0. The Balaban J connectivity index is 1.67. The third kappa shape index (κ3) is 9.82. The number of amides is 2. The quantitative estimate of drug-likeness (QED) is 0.294. The van der Waals surface area contributed by atoms with Crippen molar-refractivity contribution in [3.63, 3.8) is 0 Å². The van der Waals surface area contributed by atoms with Gasteiger partial charge in [0.25, 0.3) is 0 Å². The number of carbonyl (C=O) groups excluding carboxylic acids is 3. The summed E-state index contributed by atoms with van der Waals surface area (Å²) in [7, 11) is -4.19. The van der Waals surface area contributed by atoms with E-state index in [0.29, 0.717) is 10.5 Å². The van der Waals surface area contributed by atoms with Gasteiger partial charge in [-0.05, 0) is 35.6 Å². The zero-order chi connectivity index (χ0) is 29.8. The smallest absolute Gasteiger partial charge is 0.417 e. The van der Waals surface area contributed by atoms with E-state index in [4.69, 9.17) is 15.2 Å². The van der Waals surface area contributed by atoms with Crippen LogP contribution in [0.3, 0.4) is 0 Å². The minimum Gasteiger partial charge on any atom is -0.487 e. The fourth-order valence-corrected chi connectivity index (χ4v) is 5.01. The minimum absolute atomic E-state index is 0.0582. The summed E-state index contributed by atoms with van der Waals surface area (Å²) < 4.78 is 39.4. The zero-order valence-corrected chi connectivity index (χ0v) is 23.9. The summed E-state index contributed by atoms with van der Waals surface area (Å²) in [5.41, 5.74) is 7.55. The molecule has 0 aliphatic rings. The monoisotopic (exact) mass is 581 g/mol. The maximum atomic E-state index is 13.1. The predicted octanol–water partition coefficient (Wildman–Crippen LogP) is 3.65. The highest BCUT2D eigenvalue weighted by Crippen LogP contribution is 2.24. The Labute approximate surface area is 240 Å². The van der Waals surface area contributed by atoms with Crippen LogP contribution < -0.4 is 15.2 Å². The first-order chi connectivity index (χ1) is 19.6. The van der Waals surface area contributed by atoms with Crippen LogP contribution in [-0.4, -0.2) is 50.2 Å². The summed E-state index contributed by atoms with van der Waals surface area (Å²) in [6.45, 7) is 2.37. The molecule has 10 nitrogen and oxygen atoms in total. The number of hydrogen-bond acceptors (Lipinski definition) is 8. The molecule has 218 valence electrons. The van der Waals surface area contributed by atoms with Crippen LogP contribution >= 0.6 is 0 Å². The van der Waals surface area contributed by atoms with Gasteiger partial charge in [-0.2, -0.15) is 0 Å². The van der Waals surface area contributed by atoms with Crippen LogP contribution in [0.1, 0.15) is 31.4 Å². The lowest BCUT2D eigenvalue weighted by atomic mass is 10.0. The van der Waals surface area contributed by atoms with Crippen LogP contribution in [0.2, 0.25) is 0 Å². The van der Waals surface area contributed by atoms with E-state index in [2.05, 4.69) is 4.72 Å². The predicted molar refractivity (Wildman–Crippen MR) is 153 cm³/mol. The molecular formula is C30H35N3O7S. The highest BCUT2D eigenvalue weighted by atomic mass is 32.2. The second kappa shape index (κ2) is 15.1. The van der Waals surface area contributed by atoms with Crippen molar-refractivity contribution < 1.29 is 32.3 Å². The van der Waals surface area contributed by atoms with Crippen molar-refractivity contribution in [1.29, 1.82) is 0 Å². The molecule has 0 unspecified atom stereocenters. The fraction of sp³-hybridized carbons (Fsp3) is 0.300. The molecule has 41 heavy (non-hydrogen) atoms. The van der Waals surface area contributed by atoms with E-state index in [-0.39, 0.29) is 36.2 Å². The molecule has 0 saturated heterocycles.